The smallest absolute Gasteiger partial charge is 0.374 e. The van der Waals surface area contributed by atoms with Crippen molar-refractivity contribution in [2.24, 2.45) is 11.3 Å². The van der Waals surface area contributed by atoms with E-state index in [1.807, 2.05) is 0 Å². The van der Waals surface area contributed by atoms with Crippen LogP contribution in [0.1, 0.15) is 64.9 Å². The van der Waals surface area contributed by atoms with E-state index in [4.69, 9.17) is 23.4 Å². The topological polar surface area (TPSA) is 142 Å². The van der Waals surface area contributed by atoms with Gasteiger partial charge in [-0.15, -0.1) is 0 Å². The van der Waals surface area contributed by atoms with E-state index >= 15 is 0 Å². The fourth-order valence-electron chi connectivity index (χ4n) is 6.66. The lowest BCUT2D eigenvalue weighted by molar-refractivity contribution is -0.343. The Labute approximate surface area is 197 Å². The van der Waals surface area contributed by atoms with E-state index in [0.29, 0.717) is 0 Å². The van der Waals surface area contributed by atoms with Crippen LogP contribution in [0, 0.1) is 11.3 Å². The van der Waals surface area contributed by atoms with Crippen LogP contribution in [0.2, 0.25) is 0 Å². The summed E-state index contributed by atoms with van der Waals surface area (Å²) >= 11 is 0. The Morgan fingerprint density at radius 1 is 1.06 bits per heavy atom. The second-order valence-corrected chi connectivity index (χ2v) is 10.5. The standard InChI is InChI=1S/C24H32O10/c1-12(25)31-16-11-22(5,29)24-18(27)14(21(3,4)34-24)10-17(23(24,6)19(16)32-13(2)26)33-20(28)15-8-7-9-30-15/h7-9,14,16-19,27,29H,10-11H2,1-6H3/t14?,16-,17-,18+,19-,22-,23+,24?/m0/s1. The molecule has 2 unspecified atom stereocenters. The van der Waals surface area contributed by atoms with Gasteiger partial charge in [0, 0.05) is 26.2 Å². The van der Waals surface area contributed by atoms with E-state index in [9.17, 15) is 24.6 Å². The summed E-state index contributed by atoms with van der Waals surface area (Å²) in [6, 6.07) is 3.00. The molecule has 1 aromatic heterocycles. The molecule has 2 N–H and O–H groups in total. The fraction of sp³-hybridized carbons (Fsp3) is 0.708. The van der Waals surface area contributed by atoms with Crippen LogP contribution in [-0.2, 0) is 28.5 Å². The highest BCUT2D eigenvalue weighted by Crippen LogP contribution is 2.68. The highest BCUT2D eigenvalue weighted by molar-refractivity contribution is 5.86. The van der Waals surface area contributed by atoms with E-state index in [1.165, 1.54) is 33.1 Å². The van der Waals surface area contributed by atoms with E-state index in [1.54, 1.807) is 26.8 Å². The first-order chi connectivity index (χ1) is 15.7. The second-order valence-electron chi connectivity index (χ2n) is 10.5. The molecule has 188 valence electrons. The van der Waals surface area contributed by atoms with Gasteiger partial charge < -0.3 is 33.6 Å². The summed E-state index contributed by atoms with van der Waals surface area (Å²) in [4.78, 5) is 37.1. The molecule has 3 fully saturated rings. The minimum atomic E-state index is -1.75. The van der Waals surface area contributed by atoms with Crippen LogP contribution in [0.4, 0.5) is 0 Å². The number of fused-ring (bicyclic) bond motifs is 1. The lowest BCUT2D eigenvalue weighted by Gasteiger charge is -2.65. The zero-order valence-electron chi connectivity index (χ0n) is 20.2. The number of carbonyl (C=O) groups is 3. The maximum Gasteiger partial charge on any atom is 0.374 e. The van der Waals surface area contributed by atoms with Crippen LogP contribution in [0.15, 0.2) is 22.8 Å². The summed E-state index contributed by atoms with van der Waals surface area (Å²) in [6.45, 7) is 9.13. The van der Waals surface area contributed by atoms with Crippen molar-refractivity contribution in [3.05, 3.63) is 24.2 Å². The normalized spacial score (nSPS) is 42.4. The molecule has 1 spiro atoms. The van der Waals surface area contributed by atoms with Gasteiger partial charge in [0.1, 0.15) is 17.8 Å². The SMILES string of the molecule is CC(=O)O[C@H]1C[C@](C)(O)C23OC(C)(C)C(C[C@H](OC(=O)c4ccco4)[C@]2(C)[C@H]1OC(C)=O)[C@H]3O. The largest absolute Gasteiger partial charge is 0.458 e. The molecule has 0 radical (unpaired) electrons. The van der Waals surface area contributed by atoms with Gasteiger partial charge in [-0.05, 0) is 46.2 Å². The van der Waals surface area contributed by atoms with Crippen LogP contribution in [0.5, 0.6) is 0 Å². The van der Waals surface area contributed by atoms with Gasteiger partial charge in [-0.25, -0.2) is 4.79 Å². The Morgan fingerprint density at radius 2 is 1.71 bits per heavy atom. The molecule has 0 amide bonds. The van der Waals surface area contributed by atoms with Crippen molar-refractivity contribution in [3.8, 4) is 0 Å². The van der Waals surface area contributed by atoms with Gasteiger partial charge in [0.05, 0.1) is 29.0 Å². The van der Waals surface area contributed by atoms with E-state index < -0.39 is 70.5 Å². The fourth-order valence-corrected chi connectivity index (χ4v) is 6.66. The van der Waals surface area contributed by atoms with Gasteiger partial charge >= 0.3 is 17.9 Å². The molecule has 2 saturated carbocycles. The predicted molar refractivity (Wildman–Crippen MR) is 114 cm³/mol. The third kappa shape index (κ3) is 3.30. The minimum Gasteiger partial charge on any atom is -0.458 e. The molecule has 2 heterocycles. The maximum atomic E-state index is 12.9. The summed E-state index contributed by atoms with van der Waals surface area (Å²) in [7, 11) is 0. The van der Waals surface area contributed by atoms with Crippen molar-refractivity contribution in [2.75, 3.05) is 0 Å². The molecular weight excluding hydrogens is 448 g/mol. The Bertz CT molecular complexity index is 982. The summed E-state index contributed by atoms with van der Waals surface area (Å²) in [5.74, 6) is -2.59. The molecule has 34 heavy (non-hydrogen) atoms. The zero-order chi connectivity index (χ0) is 25.3. The summed E-state index contributed by atoms with van der Waals surface area (Å²) in [5, 5.41) is 23.4. The molecule has 2 bridgehead atoms. The van der Waals surface area contributed by atoms with Crippen molar-refractivity contribution in [2.45, 2.75) is 95.6 Å². The van der Waals surface area contributed by atoms with Gasteiger partial charge in [-0.3, -0.25) is 9.59 Å². The maximum absolute atomic E-state index is 12.9. The average molecular weight is 481 g/mol. The number of aliphatic hydroxyl groups is 2. The minimum absolute atomic E-state index is 0.0283. The van der Waals surface area contributed by atoms with Crippen molar-refractivity contribution in [3.63, 3.8) is 0 Å². The van der Waals surface area contributed by atoms with Crippen LogP contribution >= 0.6 is 0 Å². The number of carbonyl (C=O) groups excluding carboxylic acids is 3. The quantitative estimate of drug-likeness (QED) is 0.483. The van der Waals surface area contributed by atoms with Gasteiger partial charge in [0.25, 0.3) is 0 Å². The molecular formula is C24H32O10. The molecule has 2 aliphatic carbocycles. The number of ether oxygens (including phenoxy) is 4. The third-order valence-corrected chi connectivity index (χ3v) is 7.96. The molecule has 0 aromatic carbocycles. The molecule has 10 nitrogen and oxygen atoms in total. The number of rotatable bonds is 4. The van der Waals surface area contributed by atoms with Crippen LogP contribution in [0.3, 0.4) is 0 Å². The van der Waals surface area contributed by atoms with Crippen LogP contribution < -0.4 is 0 Å². The zero-order valence-corrected chi connectivity index (χ0v) is 20.2. The van der Waals surface area contributed by atoms with Crippen LogP contribution in [0.25, 0.3) is 0 Å². The van der Waals surface area contributed by atoms with E-state index in [-0.39, 0.29) is 18.6 Å². The van der Waals surface area contributed by atoms with Crippen LogP contribution in [-0.4, -0.2) is 69.3 Å². The van der Waals surface area contributed by atoms with Crippen molar-refractivity contribution >= 4 is 17.9 Å². The number of aliphatic hydroxyl groups excluding tert-OH is 1. The second kappa shape index (κ2) is 7.79. The monoisotopic (exact) mass is 480 g/mol. The molecule has 3 aliphatic rings. The Hall–Kier alpha value is -2.43. The first kappa shape index (κ1) is 24.7. The summed E-state index contributed by atoms with van der Waals surface area (Å²) < 4.78 is 28.8. The highest BCUT2D eigenvalue weighted by atomic mass is 16.6. The molecule has 4 rings (SSSR count). The lowest BCUT2D eigenvalue weighted by atomic mass is 9.47. The first-order valence-electron chi connectivity index (χ1n) is 11.4. The summed E-state index contributed by atoms with van der Waals surface area (Å²) in [5.41, 5.74) is -5.88. The first-order valence-corrected chi connectivity index (χ1v) is 11.4. The molecule has 1 aliphatic heterocycles. The van der Waals surface area contributed by atoms with Crippen molar-refractivity contribution in [1.29, 1.82) is 0 Å². The highest BCUT2D eigenvalue weighted by Gasteiger charge is 2.83. The van der Waals surface area contributed by atoms with E-state index in [2.05, 4.69) is 0 Å². The lowest BCUT2D eigenvalue weighted by Crippen LogP contribution is -2.81. The number of hydrogen-bond donors (Lipinski definition) is 2. The van der Waals surface area contributed by atoms with Gasteiger partial charge in [-0.2, -0.15) is 0 Å². The average Bonchev–Trinajstić information content (AvgIpc) is 3.28. The van der Waals surface area contributed by atoms with Crippen molar-refractivity contribution < 1.29 is 48.0 Å². The molecule has 10 heteroatoms. The molecule has 1 aromatic rings. The molecule has 8 atom stereocenters. The number of furan rings is 1. The number of hydrogen-bond acceptors (Lipinski definition) is 10. The predicted octanol–water partition coefficient (Wildman–Crippen LogP) is 1.76. The van der Waals surface area contributed by atoms with Gasteiger partial charge in [0.2, 0.25) is 5.76 Å². The third-order valence-electron chi connectivity index (χ3n) is 7.96. The number of esters is 3. The van der Waals surface area contributed by atoms with Crippen molar-refractivity contribution in [1.82, 2.24) is 0 Å². The molecule has 1 saturated heterocycles. The Kier molecular flexibility index (Phi) is 5.66. The van der Waals surface area contributed by atoms with Gasteiger partial charge in [-0.1, -0.05) is 0 Å². The van der Waals surface area contributed by atoms with Gasteiger partial charge in [0.15, 0.2) is 6.10 Å². The Balaban J connectivity index is 1.91. The Morgan fingerprint density at radius 3 is 2.26 bits per heavy atom. The van der Waals surface area contributed by atoms with E-state index in [0.717, 1.165) is 0 Å². The summed E-state index contributed by atoms with van der Waals surface area (Å²) in [6.07, 6.45) is -3.12.